The van der Waals surface area contributed by atoms with Crippen LogP contribution in [0.1, 0.15) is 51.5 Å². The van der Waals surface area contributed by atoms with Crippen LogP contribution in [0.3, 0.4) is 0 Å². The van der Waals surface area contributed by atoms with Crippen molar-refractivity contribution in [3.63, 3.8) is 0 Å². The highest BCUT2D eigenvalue weighted by molar-refractivity contribution is 5.74. The third-order valence-corrected chi connectivity index (χ3v) is 6.13. The number of carbonyl (C=O) groups excluding carboxylic acids is 1. The van der Waals surface area contributed by atoms with E-state index in [0.29, 0.717) is 30.3 Å². The van der Waals surface area contributed by atoms with Gasteiger partial charge in [-0.2, -0.15) is 0 Å². The number of hydrogen-bond acceptors (Lipinski definition) is 3. The van der Waals surface area contributed by atoms with Crippen molar-refractivity contribution in [3.8, 4) is 5.88 Å². The average molecular weight is 343 g/mol. The monoisotopic (exact) mass is 343 g/mol. The van der Waals surface area contributed by atoms with Gasteiger partial charge in [0.2, 0.25) is 5.88 Å². The van der Waals surface area contributed by atoms with Crippen LogP contribution in [0.2, 0.25) is 0 Å². The molecule has 4 aliphatic carbocycles. The summed E-state index contributed by atoms with van der Waals surface area (Å²) in [6, 6.07) is 4.15. The van der Waals surface area contributed by atoms with Gasteiger partial charge in [-0.15, -0.1) is 0 Å². The van der Waals surface area contributed by atoms with E-state index in [2.05, 4.69) is 15.6 Å². The fraction of sp³-hybridized carbons (Fsp3) is 0.700. The lowest BCUT2D eigenvalue weighted by molar-refractivity contribution is -0.00942. The standard InChI is InChI=1S/C20H29N3O2/c1-12(2)25-18-4-3-13(10-21-18)11-22-20(24)23-19-16-6-14-5-15(8-16)9-17(19)7-14/h3-4,10,12,14-17,19H,5-9,11H2,1-2H3,(H2,22,23,24). The predicted molar refractivity (Wildman–Crippen MR) is 96.2 cm³/mol. The first-order valence-corrected chi connectivity index (χ1v) is 9.72. The van der Waals surface area contributed by atoms with Gasteiger partial charge in [0.1, 0.15) is 0 Å². The summed E-state index contributed by atoms with van der Waals surface area (Å²) in [6.45, 7) is 4.45. The zero-order chi connectivity index (χ0) is 17.4. The van der Waals surface area contributed by atoms with Crippen molar-refractivity contribution < 1.29 is 9.53 Å². The molecule has 2 amide bonds. The first-order chi connectivity index (χ1) is 12.1. The summed E-state index contributed by atoms with van der Waals surface area (Å²) in [5.41, 5.74) is 0.983. The van der Waals surface area contributed by atoms with Crippen molar-refractivity contribution in [2.45, 2.75) is 64.6 Å². The Morgan fingerprint density at radius 1 is 1.16 bits per heavy atom. The van der Waals surface area contributed by atoms with E-state index in [9.17, 15) is 4.79 Å². The van der Waals surface area contributed by atoms with E-state index in [-0.39, 0.29) is 12.1 Å². The minimum absolute atomic E-state index is 0.0417. The Morgan fingerprint density at radius 2 is 1.84 bits per heavy atom. The number of nitrogens with zero attached hydrogens (tertiary/aromatic N) is 1. The number of rotatable bonds is 5. The summed E-state index contributed by atoms with van der Waals surface area (Å²) in [4.78, 5) is 16.6. The highest BCUT2D eigenvalue weighted by Crippen LogP contribution is 2.53. The number of amides is 2. The molecule has 0 aromatic carbocycles. The Morgan fingerprint density at radius 3 is 2.40 bits per heavy atom. The maximum Gasteiger partial charge on any atom is 0.315 e. The van der Waals surface area contributed by atoms with Gasteiger partial charge in [-0.1, -0.05) is 6.07 Å². The number of aromatic nitrogens is 1. The molecule has 5 rings (SSSR count). The molecule has 0 radical (unpaired) electrons. The average Bonchev–Trinajstić information content (AvgIpc) is 2.56. The van der Waals surface area contributed by atoms with Crippen LogP contribution in [-0.4, -0.2) is 23.2 Å². The quantitative estimate of drug-likeness (QED) is 0.860. The van der Waals surface area contributed by atoms with Crippen LogP contribution >= 0.6 is 0 Å². The van der Waals surface area contributed by atoms with Crippen LogP contribution in [0.4, 0.5) is 4.79 Å². The van der Waals surface area contributed by atoms with Crippen LogP contribution in [0, 0.1) is 23.7 Å². The smallest absolute Gasteiger partial charge is 0.315 e. The summed E-state index contributed by atoms with van der Waals surface area (Å²) in [5.74, 6) is 3.89. The van der Waals surface area contributed by atoms with E-state index >= 15 is 0 Å². The van der Waals surface area contributed by atoms with Crippen molar-refractivity contribution in [1.29, 1.82) is 0 Å². The lowest BCUT2D eigenvalue weighted by Gasteiger charge is -2.54. The van der Waals surface area contributed by atoms with Crippen LogP contribution in [0.25, 0.3) is 0 Å². The van der Waals surface area contributed by atoms with Gasteiger partial charge < -0.3 is 15.4 Å². The molecule has 1 heterocycles. The van der Waals surface area contributed by atoms with E-state index in [1.54, 1.807) is 6.20 Å². The summed E-state index contributed by atoms with van der Waals surface area (Å²) in [6.07, 6.45) is 8.59. The van der Waals surface area contributed by atoms with Crippen molar-refractivity contribution in [3.05, 3.63) is 23.9 Å². The number of nitrogens with one attached hydrogen (secondary N) is 2. The summed E-state index contributed by atoms with van der Waals surface area (Å²) >= 11 is 0. The number of ether oxygens (including phenoxy) is 1. The van der Waals surface area contributed by atoms with Crippen LogP contribution in [-0.2, 0) is 6.54 Å². The second kappa shape index (κ2) is 6.85. The van der Waals surface area contributed by atoms with Crippen molar-refractivity contribution in [2.24, 2.45) is 23.7 Å². The molecular formula is C20H29N3O2. The molecule has 5 nitrogen and oxygen atoms in total. The Hall–Kier alpha value is -1.78. The van der Waals surface area contributed by atoms with Gasteiger partial charge in [0.05, 0.1) is 6.10 Å². The zero-order valence-corrected chi connectivity index (χ0v) is 15.2. The maximum absolute atomic E-state index is 12.4. The van der Waals surface area contributed by atoms with Gasteiger partial charge in [-0.05, 0) is 75.2 Å². The van der Waals surface area contributed by atoms with Gasteiger partial charge >= 0.3 is 6.03 Å². The topological polar surface area (TPSA) is 63.2 Å². The third kappa shape index (κ3) is 3.75. The third-order valence-electron chi connectivity index (χ3n) is 6.13. The van der Waals surface area contributed by atoms with Gasteiger partial charge in [0.15, 0.2) is 0 Å². The van der Waals surface area contributed by atoms with E-state index in [0.717, 1.165) is 17.4 Å². The predicted octanol–water partition coefficient (Wildman–Crippen LogP) is 3.49. The fourth-order valence-electron chi connectivity index (χ4n) is 5.37. The molecule has 25 heavy (non-hydrogen) atoms. The fourth-order valence-corrected chi connectivity index (χ4v) is 5.37. The van der Waals surface area contributed by atoms with Gasteiger partial charge in [-0.25, -0.2) is 9.78 Å². The molecule has 0 unspecified atom stereocenters. The lowest BCUT2D eigenvalue weighted by Crippen LogP contribution is -2.57. The molecule has 4 bridgehead atoms. The van der Waals surface area contributed by atoms with Gasteiger partial charge in [0, 0.05) is 24.8 Å². The first kappa shape index (κ1) is 16.7. The second-order valence-electron chi connectivity index (χ2n) is 8.45. The maximum atomic E-state index is 12.4. The number of carbonyl (C=O) groups is 1. The summed E-state index contributed by atoms with van der Waals surface area (Å²) < 4.78 is 5.54. The van der Waals surface area contributed by atoms with Gasteiger partial charge in [-0.3, -0.25) is 0 Å². The first-order valence-electron chi connectivity index (χ1n) is 9.72. The minimum Gasteiger partial charge on any atom is -0.475 e. The van der Waals surface area contributed by atoms with E-state index < -0.39 is 0 Å². The summed E-state index contributed by atoms with van der Waals surface area (Å²) in [7, 11) is 0. The Balaban J connectivity index is 1.27. The van der Waals surface area contributed by atoms with Gasteiger partial charge in [0.25, 0.3) is 0 Å². The SMILES string of the molecule is CC(C)Oc1ccc(CNC(=O)NC2C3CC4CC(C3)CC2C4)cn1. The van der Waals surface area contributed by atoms with Crippen LogP contribution in [0.5, 0.6) is 5.88 Å². The van der Waals surface area contributed by atoms with E-state index in [4.69, 9.17) is 4.74 Å². The molecule has 1 aromatic rings. The molecule has 5 heteroatoms. The molecule has 0 aliphatic heterocycles. The Bertz CT molecular complexity index is 586. The molecule has 2 N–H and O–H groups in total. The molecule has 0 atom stereocenters. The van der Waals surface area contributed by atoms with E-state index in [1.807, 2.05) is 26.0 Å². The number of hydrogen-bond donors (Lipinski definition) is 2. The second-order valence-corrected chi connectivity index (χ2v) is 8.45. The van der Waals surface area contributed by atoms with Crippen LogP contribution < -0.4 is 15.4 Å². The van der Waals surface area contributed by atoms with E-state index in [1.165, 1.54) is 32.1 Å². The Labute approximate surface area is 149 Å². The molecular weight excluding hydrogens is 314 g/mol. The molecule has 0 saturated heterocycles. The molecule has 4 aliphatic rings. The molecule has 4 fully saturated rings. The lowest BCUT2D eigenvalue weighted by atomic mass is 9.54. The normalized spacial score (nSPS) is 32.7. The highest BCUT2D eigenvalue weighted by atomic mass is 16.5. The van der Waals surface area contributed by atoms with Crippen molar-refractivity contribution in [1.82, 2.24) is 15.6 Å². The molecule has 1 aromatic heterocycles. The van der Waals surface area contributed by atoms with Crippen LogP contribution in [0.15, 0.2) is 18.3 Å². The number of urea groups is 1. The highest BCUT2D eigenvalue weighted by Gasteiger charge is 2.48. The molecule has 136 valence electrons. The van der Waals surface area contributed by atoms with Crippen molar-refractivity contribution in [2.75, 3.05) is 0 Å². The molecule has 0 spiro atoms. The minimum atomic E-state index is -0.0417. The zero-order valence-electron chi connectivity index (χ0n) is 15.2. The number of pyridine rings is 1. The Kier molecular flexibility index (Phi) is 4.57. The largest absolute Gasteiger partial charge is 0.475 e. The molecule has 4 saturated carbocycles. The summed E-state index contributed by atoms with van der Waals surface area (Å²) in [5, 5.41) is 6.26. The van der Waals surface area contributed by atoms with Crippen molar-refractivity contribution >= 4 is 6.03 Å².